The largest absolute Gasteiger partial charge is 0.396 e. The minimum absolute atomic E-state index is 0.00618. The number of anilines is 2. The fraction of sp³-hybridized carbons (Fsp3) is 0.636. The second-order valence-corrected chi connectivity index (χ2v) is 4.65. The molecule has 0 aliphatic heterocycles. The number of nitrogens with two attached hydrogens (primary N) is 1. The van der Waals surface area contributed by atoms with Crippen LogP contribution in [0.3, 0.4) is 0 Å². The Balaban J connectivity index is 2.38. The van der Waals surface area contributed by atoms with Crippen molar-refractivity contribution in [2.24, 2.45) is 5.84 Å². The van der Waals surface area contributed by atoms with E-state index in [1.54, 1.807) is 0 Å². The Kier molecular flexibility index (Phi) is 4.64. The van der Waals surface area contributed by atoms with E-state index in [0.29, 0.717) is 13.0 Å². The number of aromatic nitrogens is 2. The molecule has 0 spiro atoms. The number of nitrogen functional groups attached to an aromatic ring is 1. The van der Waals surface area contributed by atoms with Crippen LogP contribution in [0.5, 0.6) is 0 Å². The molecule has 1 aromatic heterocycles. The molecule has 1 aliphatic carbocycles. The van der Waals surface area contributed by atoms with Crippen LogP contribution < -0.4 is 16.2 Å². The first kappa shape index (κ1) is 14.4. The molecular weight excluding hydrogens is 264 g/mol. The third kappa shape index (κ3) is 2.78. The summed E-state index contributed by atoms with van der Waals surface area (Å²) >= 11 is 0. The van der Waals surface area contributed by atoms with Crippen LogP contribution in [0, 0.1) is 10.1 Å². The zero-order valence-electron chi connectivity index (χ0n) is 11.0. The number of hydrogen-bond donors (Lipinski definition) is 3. The Bertz CT molecular complexity index is 479. The van der Waals surface area contributed by atoms with Crippen LogP contribution in [-0.4, -0.2) is 39.2 Å². The maximum atomic E-state index is 11.3. The van der Waals surface area contributed by atoms with Crippen LogP contribution in [-0.2, 0) is 0 Å². The van der Waals surface area contributed by atoms with Crippen molar-refractivity contribution in [3.05, 3.63) is 16.4 Å². The van der Waals surface area contributed by atoms with E-state index < -0.39 is 4.92 Å². The summed E-state index contributed by atoms with van der Waals surface area (Å²) in [5.41, 5.74) is 2.01. The van der Waals surface area contributed by atoms with Crippen molar-refractivity contribution < 1.29 is 10.0 Å². The van der Waals surface area contributed by atoms with Crippen LogP contribution >= 0.6 is 0 Å². The van der Waals surface area contributed by atoms with Crippen LogP contribution in [0.15, 0.2) is 6.33 Å². The fourth-order valence-electron chi connectivity index (χ4n) is 2.25. The average Bonchev–Trinajstić information content (AvgIpc) is 2.40. The number of hydrazine groups is 1. The van der Waals surface area contributed by atoms with Crippen LogP contribution in [0.25, 0.3) is 0 Å². The van der Waals surface area contributed by atoms with Crippen molar-refractivity contribution in [1.29, 1.82) is 0 Å². The van der Waals surface area contributed by atoms with Crippen LogP contribution in [0.1, 0.15) is 25.7 Å². The summed E-state index contributed by atoms with van der Waals surface area (Å²) in [5, 5.41) is 20.3. The highest BCUT2D eigenvalue weighted by atomic mass is 16.6. The maximum Gasteiger partial charge on any atom is 0.354 e. The highest BCUT2D eigenvalue weighted by Gasteiger charge is 2.33. The first-order chi connectivity index (χ1) is 9.69. The van der Waals surface area contributed by atoms with Gasteiger partial charge < -0.3 is 15.4 Å². The van der Waals surface area contributed by atoms with Crippen molar-refractivity contribution in [3.8, 4) is 0 Å². The average molecular weight is 282 g/mol. The molecule has 4 N–H and O–H groups in total. The predicted octanol–water partition coefficient (Wildman–Crippen LogP) is 0.412. The summed E-state index contributed by atoms with van der Waals surface area (Å²) in [6.07, 6.45) is 4.82. The highest BCUT2D eigenvalue weighted by molar-refractivity contribution is 5.70. The molecule has 0 aromatic carbocycles. The maximum absolute atomic E-state index is 11.3. The van der Waals surface area contributed by atoms with Gasteiger partial charge in [0.25, 0.3) is 0 Å². The molecule has 110 valence electrons. The lowest BCUT2D eigenvalue weighted by molar-refractivity contribution is -0.383. The van der Waals surface area contributed by atoms with Crippen molar-refractivity contribution in [2.75, 3.05) is 23.5 Å². The van der Waals surface area contributed by atoms with Gasteiger partial charge in [-0.15, -0.1) is 0 Å². The lowest BCUT2D eigenvalue weighted by Gasteiger charge is -2.38. The van der Waals surface area contributed by atoms with E-state index >= 15 is 0 Å². The summed E-state index contributed by atoms with van der Waals surface area (Å²) in [7, 11) is 0. The lowest BCUT2D eigenvalue weighted by Crippen LogP contribution is -2.42. The van der Waals surface area contributed by atoms with Crippen molar-refractivity contribution in [3.63, 3.8) is 0 Å². The van der Waals surface area contributed by atoms with Gasteiger partial charge in [0.05, 0.1) is 4.92 Å². The molecule has 20 heavy (non-hydrogen) atoms. The molecular formula is C11H18N6O3. The molecule has 0 saturated heterocycles. The molecule has 0 atom stereocenters. The Morgan fingerprint density at radius 2 is 2.30 bits per heavy atom. The van der Waals surface area contributed by atoms with E-state index in [0.717, 1.165) is 19.3 Å². The second kappa shape index (κ2) is 6.44. The van der Waals surface area contributed by atoms with E-state index in [2.05, 4.69) is 15.4 Å². The lowest BCUT2D eigenvalue weighted by atomic mass is 9.91. The molecule has 2 rings (SSSR count). The van der Waals surface area contributed by atoms with E-state index in [1.807, 2.05) is 4.90 Å². The number of hydrogen-bond acceptors (Lipinski definition) is 8. The van der Waals surface area contributed by atoms with E-state index in [4.69, 9.17) is 10.9 Å². The molecule has 9 nitrogen and oxygen atoms in total. The van der Waals surface area contributed by atoms with E-state index in [-0.39, 0.29) is 30.0 Å². The second-order valence-electron chi connectivity index (χ2n) is 4.65. The Labute approximate surface area is 115 Å². The molecule has 1 heterocycles. The monoisotopic (exact) mass is 282 g/mol. The molecule has 0 radical (unpaired) electrons. The molecule has 1 fully saturated rings. The summed E-state index contributed by atoms with van der Waals surface area (Å²) in [6.45, 7) is 0.549. The number of aliphatic hydroxyl groups excluding tert-OH is 1. The Hall–Kier alpha value is -2.00. The predicted molar refractivity (Wildman–Crippen MR) is 73.2 cm³/mol. The van der Waals surface area contributed by atoms with Gasteiger partial charge in [0.15, 0.2) is 0 Å². The fourth-order valence-corrected chi connectivity index (χ4v) is 2.25. The van der Waals surface area contributed by atoms with Crippen LogP contribution in [0.2, 0.25) is 0 Å². The SMILES string of the molecule is NNc1ncnc(N(CCCO)C2CCC2)c1[N+](=O)[O-]. The molecule has 1 aliphatic rings. The number of nitro groups is 1. The summed E-state index contributed by atoms with van der Waals surface area (Å²) < 4.78 is 0. The highest BCUT2D eigenvalue weighted by Crippen LogP contribution is 2.36. The summed E-state index contributed by atoms with van der Waals surface area (Å²) in [5.74, 6) is 5.53. The molecule has 9 heteroatoms. The van der Waals surface area contributed by atoms with Gasteiger partial charge in [-0.3, -0.25) is 10.1 Å². The van der Waals surface area contributed by atoms with Crippen molar-refractivity contribution in [2.45, 2.75) is 31.7 Å². The summed E-state index contributed by atoms with van der Waals surface area (Å²) in [4.78, 5) is 20.4. The zero-order valence-corrected chi connectivity index (χ0v) is 11.0. The Morgan fingerprint density at radius 1 is 1.55 bits per heavy atom. The first-order valence-corrected chi connectivity index (χ1v) is 6.52. The van der Waals surface area contributed by atoms with Crippen molar-refractivity contribution >= 4 is 17.3 Å². The smallest absolute Gasteiger partial charge is 0.354 e. The molecule has 1 saturated carbocycles. The zero-order chi connectivity index (χ0) is 14.5. The van der Waals surface area contributed by atoms with Gasteiger partial charge in [-0.25, -0.2) is 15.8 Å². The van der Waals surface area contributed by atoms with Crippen LogP contribution in [0.4, 0.5) is 17.3 Å². The number of rotatable bonds is 7. The van der Waals surface area contributed by atoms with Gasteiger partial charge >= 0.3 is 5.69 Å². The standard InChI is InChI=1S/C11H18N6O3/c12-15-10-9(17(19)20)11(14-7-13-10)16(5-2-6-18)8-3-1-4-8/h7-8,18H,1-6,12H2,(H,13,14,15). The molecule has 0 amide bonds. The summed E-state index contributed by atoms with van der Waals surface area (Å²) in [6, 6.07) is 0.223. The van der Waals surface area contributed by atoms with E-state index in [1.165, 1.54) is 6.33 Å². The van der Waals surface area contributed by atoms with E-state index in [9.17, 15) is 10.1 Å². The molecule has 1 aromatic rings. The molecule has 0 bridgehead atoms. The van der Waals surface area contributed by atoms with Crippen molar-refractivity contribution in [1.82, 2.24) is 9.97 Å². The van der Waals surface area contributed by atoms with Gasteiger partial charge in [0.1, 0.15) is 6.33 Å². The van der Waals surface area contributed by atoms with Gasteiger partial charge in [0.2, 0.25) is 11.6 Å². The third-order valence-electron chi connectivity index (χ3n) is 3.47. The molecule has 0 unspecified atom stereocenters. The topological polar surface area (TPSA) is 130 Å². The number of nitrogens with one attached hydrogen (secondary N) is 1. The number of nitrogens with zero attached hydrogens (tertiary/aromatic N) is 4. The minimum atomic E-state index is -0.533. The van der Waals surface area contributed by atoms with Gasteiger partial charge in [-0.1, -0.05) is 0 Å². The van der Waals surface area contributed by atoms with Gasteiger partial charge in [-0.2, -0.15) is 0 Å². The number of aliphatic hydroxyl groups is 1. The third-order valence-corrected chi connectivity index (χ3v) is 3.47. The quantitative estimate of drug-likeness (QED) is 0.372. The first-order valence-electron chi connectivity index (χ1n) is 6.52. The normalized spacial score (nSPS) is 14.7. The minimum Gasteiger partial charge on any atom is -0.396 e. The van der Waals surface area contributed by atoms with Gasteiger partial charge in [0, 0.05) is 19.2 Å². The Morgan fingerprint density at radius 3 is 2.80 bits per heavy atom. The van der Waals surface area contributed by atoms with Gasteiger partial charge in [-0.05, 0) is 25.7 Å².